The number of benzene rings is 2. The normalized spacial score (nSPS) is 13.4. The Labute approximate surface area is 291 Å². The molecule has 2 aromatic carbocycles. The molecule has 0 saturated carbocycles. The van der Waals surface area contributed by atoms with Gasteiger partial charge < -0.3 is 34.8 Å². The van der Waals surface area contributed by atoms with Crippen LogP contribution in [0.1, 0.15) is 62.4 Å². The van der Waals surface area contributed by atoms with E-state index in [4.69, 9.17) is 24.8 Å². The zero-order valence-electron chi connectivity index (χ0n) is 27.9. The first-order valence-corrected chi connectivity index (χ1v) is 17.9. The molecule has 18 heteroatoms. The first-order chi connectivity index (χ1) is 24.3. The molecule has 272 valence electrons. The molecule has 51 heavy (non-hydrogen) atoms. The summed E-state index contributed by atoms with van der Waals surface area (Å²) in [6, 6.07) is 9.66. The van der Waals surface area contributed by atoms with Crippen molar-refractivity contribution in [3.8, 4) is 11.5 Å². The van der Waals surface area contributed by atoms with Crippen LogP contribution in [-0.2, 0) is 52.7 Å². The molecule has 3 amide bonds. The molecule has 3 heterocycles. The van der Waals surface area contributed by atoms with Crippen molar-refractivity contribution >= 4 is 59.3 Å². The number of hydrogen-bond donors (Lipinski definition) is 5. The minimum Gasteiger partial charge on any atom is -0.508 e. The summed E-state index contributed by atoms with van der Waals surface area (Å²) in [6.07, 6.45) is 2.37. The lowest BCUT2D eigenvalue weighted by molar-refractivity contribution is -0.197. The highest BCUT2D eigenvalue weighted by molar-refractivity contribution is 7.46. The lowest BCUT2D eigenvalue weighted by Gasteiger charge is -2.14. The van der Waals surface area contributed by atoms with Gasteiger partial charge in [0.05, 0.1) is 37.2 Å². The van der Waals surface area contributed by atoms with Crippen molar-refractivity contribution in [3.63, 3.8) is 0 Å². The lowest BCUT2D eigenvalue weighted by atomic mass is 10.1. The Morgan fingerprint density at radius 2 is 1.78 bits per heavy atom. The van der Waals surface area contributed by atoms with Gasteiger partial charge in [0.2, 0.25) is 5.91 Å². The van der Waals surface area contributed by atoms with Crippen LogP contribution in [0.25, 0.3) is 21.9 Å². The molecule has 4 aromatic rings. The van der Waals surface area contributed by atoms with Crippen molar-refractivity contribution in [2.75, 3.05) is 25.5 Å². The van der Waals surface area contributed by atoms with Crippen LogP contribution in [0.3, 0.4) is 0 Å². The van der Waals surface area contributed by atoms with E-state index >= 15 is 0 Å². The smallest absolute Gasteiger partial charge is 0.508 e. The molecular weight excluding hydrogens is 687 g/mol. The molecule has 0 spiro atoms. The number of nitrogen functional groups attached to an aromatic ring is 1. The quantitative estimate of drug-likeness (QED) is 0.0597. The number of phosphoric ester groups is 1. The molecule has 0 aliphatic carbocycles. The fourth-order valence-electron chi connectivity index (χ4n) is 5.57. The Morgan fingerprint density at radius 3 is 2.51 bits per heavy atom. The summed E-state index contributed by atoms with van der Waals surface area (Å²) in [6.45, 7) is 2.91. The van der Waals surface area contributed by atoms with Gasteiger partial charge in [-0.2, -0.15) is 0 Å². The fourth-order valence-corrected chi connectivity index (χ4v) is 5.96. The van der Waals surface area contributed by atoms with Crippen molar-refractivity contribution < 1.29 is 52.7 Å². The van der Waals surface area contributed by atoms with E-state index < -0.39 is 31.5 Å². The van der Waals surface area contributed by atoms with Gasteiger partial charge in [-0.25, -0.2) is 19.3 Å². The van der Waals surface area contributed by atoms with Crippen molar-refractivity contribution in [2.24, 2.45) is 0 Å². The number of aromatic nitrogens is 3. The van der Waals surface area contributed by atoms with E-state index in [1.165, 1.54) is 18.2 Å². The second-order valence-corrected chi connectivity index (χ2v) is 13.1. The van der Waals surface area contributed by atoms with Crippen molar-refractivity contribution in [1.29, 1.82) is 0 Å². The van der Waals surface area contributed by atoms with Crippen molar-refractivity contribution in [1.82, 2.24) is 24.9 Å². The molecule has 0 radical (unpaired) electrons. The second kappa shape index (κ2) is 16.3. The molecule has 0 bridgehead atoms. The molecule has 0 unspecified atom stereocenters. The monoisotopic (exact) mass is 726 g/mol. The van der Waals surface area contributed by atoms with E-state index in [0.717, 1.165) is 23.8 Å². The summed E-state index contributed by atoms with van der Waals surface area (Å²) in [7, 11) is -4.82. The molecule has 1 aliphatic rings. The largest absolute Gasteiger partial charge is 0.524 e. The summed E-state index contributed by atoms with van der Waals surface area (Å²) in [5, 5.41) is 14.5. The van der Waals surface area contributed by atoms with Gasteiger partial charge in [0.1, 0.15) is 22.8 Å². The number of nitrogens with one attached hydrogen (secondary N) is 1. The second-order valence-electron chi connectivity index (χ2n) is 11.9. The van der Waals surface area contributed by atoms with Crippen LogP contribution in [0.2, 0.25) is 0 Å². The molecule has 2 aromatic heterocycles. The number of hydrogen-bond acceptors (Lipinski definition) is 12. The number of aryl methyl sites for hydroxylation is 1. The molecule has 1 fully saturated rings. The van der Waals surface area contributed by atoms with E-state index in [1.54, 1.807) is 0 Å². The van der Waals surface area contributed by atoms with E-state index in [2.05, 4.69) is 17.2 Å². The Kier molecular flexibility index (Phi) is 11.9. The van der Waals surface area contributed by atoms with Crippen LogP contribution in [0.5, 0.6) is 11.5 Å². The average molecular weight is 727 g/mol. The molecule has 5 rings (SSSR count). The number of pyridine rings is 1. The standard InChI is InChI=1S/C33H39N6O11P/c1-2-3-4-26-37-31-32(38(26)19-21-18-22(6-8-25(21)40)50-51(45,46)47)23-17-20(5-7-24(23)36-33(31)34)13-15-48-16-14-35-27(41)9-12-30(44)49-39-28(42)10-11-29(39)43/h5-8,17-18,40H,2-4,9-16,19H2,1H3,(H2,34,36)(H,35,41)(H2,45,46,47). The van der Waals surface area contributed by atoms with Crippen LogP contribution >= 0.6 is 7.82 Å². The van der Waals surface area contributed by atoms with E-state index in [0.29, 0.717) is 52.4 Å². The number of imidazole rings is 1. The summed E-state index contributed by atoms with van der Waals surface area (Å²) >= 11 is 0. The van der Waals surface area contributed by atoms with Crippen molar-refractivity contribution in [3.05, 3.63) is 53.3 Å². The van der Waals surface area contributed by atoms with Crippen LogP contribution in [0.4, 0.5) is 5.82 Å². The topological polar surface area (TPSA) is 246 Å². The number of anilines is 1. The van der Waals surface area contributed by atoms with Crippen LogP contribution in [0, 0.1) is 0 Å². The fraction of sp³-hybridized carbons (Fsp3) is 0.394. The van der Waals surface area contributed by atoms with Crippen LogP contribution in [0.15, 0.2) is 36.4 Å². The average Bonchev–Trinajstić information content (AvgIpc) is 3.60. The van der Waals surface area contributed by atoms with Crippen LogP contribution in [-0.4, -0.2) is 77.9 Å². The Bertz CT molecular complexity index is 1990. The number of imide groups is 1. The van der Waals surface area contributed by atoms with Gasteiger partial charge in [-0.1, -0.05) is 19.4 Å². The number of fused-ring (bicyclic) bond motifs is 3. The third kappa shape index (κ3) is 9.58. The predicted octanol–water partition coefficient (Wildman–Crippen LogP) is 2.80. The third-order valence-electron chi connectivity index (χ3n) is 8.06. The van der Waals surface area contributed by atoms with Gasteiger partial charge in [0.15, 0.2) is 5.82 Å². The number of amides is 3. The first kappa shape index (κ1) is 37.2. The first-order valence-electron chi connectivity index (χ1n) is 16.4. The summed E-state index contributed by atoms with van der Waals surface area (Å²) in [5.74, 6) is -1.68. The Balaban J connectivity index is 1.23. The number of carbonyl (C=O) groups excluding carboxylic acids is 4. The highest BCUT2D eigenvalue weighted by Crippen LogP contribution is 2.39. The highest BCUT2D eigenvalue weighted by Gasteiger charge is 2.32. The lowest BCUT2D eigenvalue weighted by Crippen LogP contribution is -2.33. The molecular formula is C33H39N6O11P. The molecule has 1 saturated heterocycles. The third-order valence-corrected chi connectivity index (χ3v) is 8.51. The number of ether oxygens (including phenoxy) is 1. The number of phenols is 1. The number of nitrogens with two attached hydrogens (primary N) is 1. The van der Waals surface area contributed by atoms with Gasteiger partial charge >= 0.3 is 13.8 Å². The molecule has 0 atom stereocenters. The van der Waals surface area contributed by atoms with Crippen molar-refractivity contribution in [2.45, 2.75) is 64.8 Å². The zero-order chi connectivity index (χ0) is 36.7. The maximum absolute atomic E-state index is 12.1. The number of carbonyl (C=O) groups is 4. The number of nitrogens with zero attached hydrogens (tertiary/aromatic N) is 4. The van der Waals surface area contributed by atoms with Gasteiger partial charge in [-0.3, -0.25) is 24.2 Å². The van der Waals surface area contributed by atoms with E-state index in [1.807, 2.05) is 22.8 Å². The van der Waals surface area contributed by atoms with Gasteiger partial charge in [0, 0.05) is 43.2 Å². The van der Waals surface area contributed by atoms with E-state index in [9.17, 15) is 38.6 Å². The number of hydroxylamine groups is 2. The van der Waals surface area contributed by atoms with Gasteiger partial charge in [0.25, 0.3) is 11.8 Å². The number of unbranched alkanes of at least 4 members (excludes halogenated alkanes) is 1. The Hall–Kier alpha value is -5.09. The molecule has 1 aliphatic heterocycles. The number of phenolic OH excluding ortho intramolecular Hbond substituents is 1. The van der Waals surface area contributed by atoms with Gasteiger partial charge in [-0.15, -0.1) is 5.06 Å². The Morgan fingerprint density at radius 1 is 1.02 bits per heavy atom. The predicted molar refractivity (Wildman–Crippen MR) is 182 cm³/mol. The molecule has 6 N–H and O–H groups in total. The van der Waals surface area contributed by atoms with Crippen LogP contribution < -0.4 is 15.6 Å². The highest BCUT2D eigenvalue weighted by atomic mass is 31.2. The number of rotatable bonds is 17. The number of aromatic hydroxyl groups is 1. The summed E-state index contributed by atoms with van der Waals surface area (Å²) in [5.41, 5.74) is 9.46. The maximum atomic E-state index is 12.1. The van der Waals surface area contributed by atoms with Gasteiger partial charge in [-0.05, 0) is 48.7 Å². The summed E-state index contributed by atoms with van der Waals surface area (Å²) in [4.78, 5) is 79.8. The molecule has 17 nitrogen and oxygen atoms in total. The SMILES string of the molecule is CCCCc1nc2c(N)nc3ccc(CCOCCNC(=O)CCC(=O)ON4C(=O)CCC4=O)cc3c2n1Cc1cc(OP(=O)(O)O)ccc1O. The summed E-state index contributed by atoms with van der Waals surface area (Å²) < 4.78 is 23.9. The number of phosphoric acid groups is 1. The zero-order valence-corrected chi connectivity index (χ0v) is 28.8. The minimum atomic E-state index is -4.82. The maximum Gasteiger partial charge on any atom is 0.524 e. The van der Waals surface area contributed by atoms with E-state index in [-0.39, 0.29) is 62.7 Å². The minimum absolute atomic E-state index is 0.0131.